The highest BCUT2D eigenvalue weighted by Gasteiger charge is 2.48. The number of phenols is 1. The lowest BCUT2D eigenvalue weighted by Crippen LogP contribution is -2.49. The summed E-state index contributed by atoms with van der Waals surface area (Å²) in [6.07, 6.45) is 5.26. The minimum absolute atomic E-state index is 0.226. The van der Waals surface area contributed by atoms with Gasteiger partial charge in [-0.25, -0.2) is 0 Å². The monoisotopic (exact) mass is 374 g/mol. The summed E-state index contributed by atoms with van der Waals surface area (Å²) in [5.41, 5.74) is 2.37. The van der Waals surface area contributed by atoms with E-state index in [4.69, 9.17) is 9.47 Å². The van der Waals surface area contributed by atoms with Gasteiger partial charge in [-0.1, -0.05) is 19.8 Å². The van der Waals surface area contributed by atoms with Crippen LogP contribution in [-0.2, 0) is 11.2 Å². The van der Waals surface area contributed by atoms with Crippen LogP contribution in [-0.4, -0.2) is 34.1 Å². The topological polar surface area (TPSA) is 58.9 Å². The molecule has 4 heteroatoms. The standard InChI is InChI=1S/C23H34O4/c1-6-8-9-10-15-13-17(24)20-18(14-15)27-22(3,4)16-11-12-23(5,25)21(19(16)20)26-7-2/h13-14,21,24-25H,6-12H2,1-5H3/t21-,23+/m1/s1. The van der Waals surface area contributed by atoms with Crippen LogP contribution in [0.15, 0.2) is 17.7 Å². The number of phenolic OH excluding ortho intramolecular Hbond substituents is 1. The molecule has 1 aliphatic carbocycles. The van der Waals surface area contributed by atoms with Gasteiger partial charge in [0.15, 0.2) is 0 Å². The minimum atomic E-state index is -0.966. The van der Waals surface area contributed by atoms with Crippen LogP contribution in [0, 0.1) is 0 Å². The molecule has 3 rings (SSSR count). The van der Waals surface area contributed by atoms with E-state index in [1.54, 1.807) is 0 Å². The van der Waals surface area contributed by atoms with E-state index in [-0.39, 0.29) is 5.75 Å². The van der Waals surface area contributed by atoms with E-state index in [2.05, 4.69) is 26.8 Å². The summed E-state index contributed by atoms with van der Waals surface area (Å²) in [6, 6.07) is 3.91. The fraction of sp³-hybridized carbons (Fsp3) is 0.652. The lowest BCUT2D eigenvalue weighted by atomic mass is 9.70. The summed E-state index contributed by atoms with van der Waals surface area (Å²) < 4.78 is 12.4. The third-order valence-electron chi connectivity index (χ3n) is 5.94. The van der Waals surface area contributed by atoms with Gasteiger partial charge < -0.3 is 19.7 Å². The fourth-order valence-electron chi connectivity index (χ4n) is 4.52. The lowest BCUT2D eigenvalue weighted by Gasteiger charge is -2.47. The number of rotatable bonds is 6. The van der Waals surface area contributed by atoms with E-state index in [1.165, 1.54) is 12.8 Å². The van der Waals surface area contributed by atoms with Gasteiger partial charge in [0.2, 0.25) is 0 Å². The normalized spacial score (nSPS) is 26.4. The molecule has 0 amide bonds. The molecule has 1 aliphatic heterocycles. The van der Waals surface area contributed by atoms with Gasteiger partial charge in [-0.3, -0.25) is 0 Å². The zero-order valence-corrected chi connectivity index (χ0v) is 17.4. The molecule has 0 saturated carbocycles. The third kappa shape index (κ3) is 3.74. The molecule has 0 unspecified atom stereocenters. The maximum atomic E-state index is 11.0. The molecule has 1 heterocycles. The summed E-state index contributed by atoms with van der Waals surface area (Å²) in [4.78, 5) is 0. The van der Waals surface area contributed by atoms with Crippen LogP contribution in [0.4, 0.5) is 0 Å². The molecular weight excluding hydrogens is 340 g/mol. The molecule has 0 fully saturated rings. The smallest absolute Gasteiger partial charge is 0.132 e. The predicted molar refractivity (Wildman–Crippen MR) is 108 cm³/mol. The quantitative estimate of drug-likeness (QED) is 0.688. The average Bonchev–Trinajstić information content (AvgIpc) is 2.56. The van der Waals surface area contributed by atoms with Crippen molar-refractivity contribution < 1.29 is 19.7 Å². The Morgan fingerprint density at radius 1 is 1.19 bits per heavy atom. The van der Waals surface area contributed by atoms with E-state index in [1.807, 2.05) is 19.9 Å². The molecule has 0 saturated heterocycles. The van der Waals surface area contributed by atoms with E-state index in [9.17, 15) is 10.2 Å². The molecule has 27 heavy (non-hydrogen) atoms. The first-order chi connectivity index (χ1) is 12.7. The second-order valence-electron chi connectivity index (χ2n) is 8.64. The maximum absolute atomic E-state index is 11.0. The van der Waals surface area contributed by atoms with Crippen LogP contribution in [0.25, 0.3) is 5.57 Å². The minimum Gasteiger partial charge on any atom is -0.507 e. The van der Waals surface area contributed by atoms with Gasteiger partial charge in [0, 0.05) is 12.2 Å². The number of fused-ring (bicyclic) bond motifs is 2. The Morgan fingerprint density at radius 2 is 1.93 bits per heavy atom. The summed E-state index contributed by atoms with van der Waals surface area (Å²) in [7, 11) is 0. The van der Waals surface area contributed by atoms with Crippen LogP contribution in [0.5, 0.6) is 11.5 Å². The Kier molecular flexibility index (Phi) is 5.60. The second kappa shape index (κ2) is 7.48. The summed E-state index contributed by atoms with van der Waals surface area (Å²) >= 11 is 0. The Bertz CT molecular complexity index is 730. The van der Waals surface area contributed by atoms with Crippen LogP contribution >= 0.6 is 0 Å². The maximum Gasteiger partial charge on any atom is 0.132 e. The first kappa shape index (κ1) is 20.2. The molecule has 0 aromatic heterocycles. The number of aryl methyl sites for hydroxylation is 1. The molecular formula is C23H34O4. The van der Waals surface area contributed by atoms with Crippen molar-refractivity contribution >= 4 is 5.57 Å². The molecule has 4 nitrogen and oxygen atoms in total. The van der Waals surface area contributed by atoms with Gasteiger partial charge in [-0.15, -0.1) is 0 Å². The van der Waals surface area contributed by atoms with E-state index in [0.29, 0.717) is 24.3 Å². The van der Waals surface area contributed by atoms with Crippen LogP contribution in [0.1, 0.15) is 77.8 Å². The number of aromatic hydroxyl groups is 1. The third-order valence-corrected chi connectivity index (χ3v) is 5.94. The Balaban J connectivity index is 2.11. The molecule has 2 atom stereocenters. The highest BCUT2D eigenvalue weighted by atomic mass is 16.5. The van der Waals surface area contributed by atoms with Crippen molar-refractivity contribution in [2.75, 3.05) is 6.61 Å². The van der Waals surface area contributed by atoms with Crippen molar-refractivity contribution in [2.45, 2.75) is 90.4 Å². The number of aliphatic hydroxyl groups is 1. The van der Waals surface area contributed by atoms with Gasteiger partial charge in [0.1, 0.15) is 23.2 Å². The first-order valence-electron chi connectivity index (χ1n) is 10.3. The van der Waals surface area contributed by atoms with E-state index >= 15 is 0 Å². The highest BCUT2D eigenvalue weighted by molar-refractivity contribution is 5.84. The van der Waals surface area contributed by atoms with Crippen molar-refractivity contribution in [3.05, 3.63) is 28.8 Å². The zero-order chi connectivity index (χ0) is 19.8. The number of benzene rings is 1. The molecule has 0 bridgehead atoms. The Morgan fingerprint density at radius 3 is 2.59 bits per heavy atom. The fourth-order valence-corrected chi connectivity index (χ4v) is 4.52. The van der Waals surface area contributed by atoms with Gasteiger partial charge in [-0.2, -0.15) is 0 Å². The molecule has 0 radical (unpaired) electrons. The number of unbranched alkanes of at least 4 members (excludes halogenated alkanes) is 2. The van der Waals surface area contributed by atoms with Gasteiger partial charge in [0.25, 0.3) is 0 Å². The first-order valence-corrected chi connectivity index (χ1v) is 10.3. The predicted octanol–water partition coefficient (Wildman–Crippen LogP) is 5.00. The van der Waals surface area contributed by atoms with Crippen molar-refractivity contribution in [1.29, 1.82) is 0 Å². The van der Waals surface area contributed by atoms with Gasteiger partial charge in [0.05, 0.1) is 11.2 Å². The largest absolute Gasteiger partial charge is 0.507 e. The van der Waals surface area contributed by atoms with Crippen molar-refractivity contribution in [3.8, 4) is 11.5 Å². The summed E-state index contributed by atoms with van der Waals surface area (Å²) in [6.45, 7) is 10.6. The molecule has 2 aliphatic rings. The SMILES string of the molecule is CCCCCc1cc(O)c2c(c1)OC(C)(C)C1=C2[C@@H](OCC)[C@@](C)(O)CC1. The lowest BCUT2D eigenvalue weighted by molar-refractivity contribution is -0.0786. The van der Waals surface area contributed by atoms with E-state index < -0.39 is 17.3 Å². The van der Waals surface area contributed by atoms with Gasteiger partial charge in [-0.05, 0) is 76.6 Å². The van der Waals surface area contributed by atoms with Crippen molar-refractivity contribution in [1.82, 2.24) is 0 Å². The van der Waals surface area contributed by atoms with Crippen molar-refractivity contribution in [3.63, 3.8) is 0 Å². The molecule has 1 aromatic carbocycles. The molecule has 2 N–H and O–H groups in total. The van der Waals surface area contributed by atoms with Crippen LogP contribution < -0.4 is 4.74 Å². The molecule has 0 spiro atoms. The number of hydrogen-bond donors (Lipinski definition) is 2. The average molecular weight is 375 g/mol. The van der Waals surface area contributed by atoms with E-state index in [0.717, 1.165) is 36.0 Å². The Labute approximate surface area is 163 Å². The molecule has 1 aromatic rings. The highest BCUT2D eigenvalue weighted by Crippen LogP contribution is 2.53. The summed E-state index contributed by atoms with van der Waals surface area (Å²) in [5, 5.41) is 21.9. The second-order valence-corrected chi connectivity index (χ2v) is 8.64. The number of ether oxygens (including phenoxy) is 2. The van der Waals surface area contributed by atoms with Crippen LogP contribution in [0.3, 0.4) is 0 Å². The summed E-state index contributed by atoms with van der Waals surface area (Å²) in [5.74, 6) is 0.928. The van der Waals surface area contributed by atoms with Gasteiger partial charge >= 0.3 is 0 Å². The molecule has 150 valence electrons. The van der Waals surface area contributed by atoms with Crippen molar-refractivity contribution in [2.24, 2.45) is 0 Å². The number of hydrogen-bond acceptors (Lipinski definition) is 4. The van der Waals surface area contributed by atoms with Crippen LogP contribution in [0.2, 0.25) is 0 Å². The Hall–Kier alpha value is -1.52. The zero-order valence-electron chi connectivity index (χ0n) is 17.4.